The molecule has 3 rings (SSSR count). The molecule has 1 nitrogen and oxygen atoms in total. The molecule has 2 aliphatic rings. The van der Waals surface area contributed by atoms with Gasteiger partial charge in [-0.25, -0.2) is 0 Å². The molecule has 1 saturated carbocycles. The van der Waals surface area contributed by atoms with Crippen LogP contribution in [-0.4, -0.2) is 11.3 Å². The standard InChI is InChI=1S/C11H8Cl2FNS2/c1-5-4-6(15-11(5)2-3-11)8-7(12)9(17-14)10(13)16-8/h1-4H2. The van der Waals surface area contributed by atoms with E-state index in [0.717, 1.165) is 35.4 Å². The molecule has 17 heavy (non-hydrogen) atoms. The first kappa shape index (κ1) is 12.0. The van der Waals surface area contributed by atoms with Crippen molar-refractivity contribution in [1.29, 1.82) is 0 Å². The maximum Gasteiger partial charge on any atom is 0.111 e. The summed E-state index contributed by atoms with van der Waals surface area (Å²) in [5.41, 5.74) is 2.02. The van der Waals surface area contributed by atoms with Gasteiger partial charge in [0.2, 0.25) is 0 Å². The topological polar surface area (TPSA) is 12.4 Å². The van der Waals surface area contributed by atoms with E-state index in [-0.39, 0.29) is 17.7 Å². The molecule has 0 bridgehead atoms. The minimum absolute atomic E-state index is 0.0296. The Labute approximate surface area is 117 Å². The van der Waals surface area contributed by atoms with E-state index in [4.69, 9.17) is 23.2 Å². The van der Waals surface area contributed by atoms with Crippen LogP contribution in [0.3, 0.4) is 0 Å². The van der Waals surface area contributed by atoms with Crippen molar-refractivity contribution >= 4 is 52.4 Å². The van der Waals surface area contributed by atoms with E-state index in [2.05, 4.69) is 11.6 Å². The predicted octanol–water partition coefficient (Wildman–Crippen LogP) is 5.31. The van der Waals surface area contributed by atoms with Crippen LogP contribution >= 0.6 is 46.7 Å². The first-order valence-electron chi connectivity index (χ1n) is 5.11. The average Bonchev–Trinajstić information content (AvgIpc) is 2.91. The summed E-state index contributed by atoms with van der Waals surface area (Å²) in [6.07, 6.45) is 2.86. The van der Waals surface area contributed by atoms with Crippen LogP contribution in [0.25, 0.3) is 0 Å². The SMILES string of the molecule is C=C1CC(c2sc(Cl)c(SF)c2Cl)=NC12CC2. The molecule has 1 aliphatic heterocycles. The largest absolute Gasteiger partial charge is 0.277 e. The van der Waals surface area contributed by atoms with Crippen molar-refractivity contribution in [1.82, 2.24) is 0 Å². The molecular weight excluding hydrogens is 300 g/mol. The monoisotopic (exact) mass is 307 g/mol. The predicted molar refractivity (Wildman–Crippen MR) is 73.6 cm³/mol. The van der Waals surface area contributed by atoms with Crippen molar-refractivity contribution in [2.45, 2.75) is 29.7 Å². The summed E-state index contributed by atoms with van der Waals surface area (Å²) in [4.78, 5) is 5.78. The lowest BCUT2D eigenvalue weighted by Crippen LogP contribution is -1.99. The van der Waals surface area contributed by atoms with Gasteiger partial charge < -0.3 is 0 Å². The maximum atomic E-state index is 12.7. The third-order valence-corrected chi connectivity index (χ3v) is 6.07. The van der Waals surface area contributed by atoms with E-state index >= 15 is 0 Å². The lowest BCUT2D eigenvalue weighted by Gasteiger charge is -2.00. The highest BCUT2D eigenvalue weighted by molar-refractivity contribution is 7.94. The zero-order chi connectivity index (χ0) is 12.2. The van der Waals surface area contributed by atoms with Gasteiger partial charge in [0.25, 0.3) is 0 Å². The summed E-state index contributed by atoms with van der Waals surface area (Å²) in [5.74, 6) is 0. The fourth-order valence-electron chi connectivity index (χ4n) is 2.08. The first-order chi connectivity index (χ1) is 8.07. The van der Waals surface area contributed by atoms with E-state index in [1.165, 1.54) is 11.3 Å². The second-order valence-electron chi connectivity index (χ2n) is 4.30. The van der Waals surface area contributed by atoms with Gasteiger partial charge in [0.15, 0.2) is 0 Å². The zero-order valence-corrected chi connectivity index (χ0v) is 11.9. The third-order valence-electron chi connectivity index (χ3n) is 3.22. The van der Waals surface area contributed by atoms with Gasteiger partial charge in [-0.2, -0.15) is 3.89 Å². The molecule has 0 aromatic carbocycles. The Morgan fingerprint density at radius 1 is 1.41 bits per heavy atom. The molecule has 1 spiro atoms. The van der Waals surface area contributed by atoms with Crippen LogP contribution in [-0.2, 0) is 0 Å². The molecule has 0 atom stereocenters. The van der Waals surface area contributed by atoms with Gasteiger partial charge in [0.05, 0.1) is 38.2 Å². The minimum Gasteiger partial charge on any atom is -0.277 e. The number of nitrogens with zero attached hydrogens (tertiary/aromatic N) is 1. The second-order valence-corrected chi connectivity index (χ2v) is 6.86. The molecule has 0 N–H and O–H groups in total. The van der Waals surface area contributed by atoms with Crippen LogP contribution < -0.4 is 0 Å². The molecule has 6 heteroatoms. The van der Waals surface area contributed by atoms with Crippen molar-refractivity contribution in [3.05, 3.63) is 26.4 Å². The molecule has 0 radical (unpaired) electrons. The molecule has 0 unspecified atom stereocenters. The highest BCUT2D eigenvalue weighted by Crippen LogP contribution is 2.53. The quantitative estimate of drug-likeness (QED) is 0.674. The van der Waals surface area contributed by atoms with Crippen LogP contribution in [0, 0.1) is 0 Å². The van der Waals surface area contributed by atoms with Gasteiger partial charge in [0.1, 0.15) is 4.34 Å². The van der Waals surface area contributed by atoms with Gasteiger partial charge in [-0.05, 0) is 18.4 Å². The van der Waals surface area contributed by atoms with Gasteiger partial charge in [-0.1, -0.05) is 29.8 Å². The molecule has 1 fully saturated rings. The Bertz CT molecular complexity index is 546. The summed E-state index contributed by atoms with van der Waals surface area (Å²) in [6.45, 7) is 4.06. The van der Waals surface area contributed by atoms with E-state index in [1.807, 2.05) is 0 Å². The molecule has 0 amide bonds. The third kappa shape index (κ3) is 1.77. The smallest absolute Gasteiger partial charge is 0.111 e. The number of aliphatic imine (C=N–C) groups is 1. The number of rotatable bonds is 2. The highest BCUT2D eigenvalue weighted by Gasteiger charge is 2.49. The Morgan fingerprint density at radius 2 is 2.12 bits per heavy atom. The van der Waals surface area contributed by atoms with Gasteiger partial charge in [0, 0.05) is 6.42 Å². The Kier molecular flexibility index (Phi) is 2.82. The molecule has 1 aliphatic carbocycles. The van der Waals surface area contributed by atoms with E-state index in [9.17, 15) is 3.89 Å². The second kappa shape index (κ2) is 3.98. The normalized spacial score (nSPS) is 21.1. The Morgan fingerprint density at radius 3 is 2.59 bits per heavy atom. The van der Waals surface area contributed by atoms with Crippen molar-refractivity contribution < 1.29 is 3.89 Å². The fourth-order valence-corrected chi connectivity index (χ4v) is 4.32. The summed E-state index contributed by atoms with van der Waals surface area (Å²) in [5, 5.41) is 0.386. The summed E-state index contributed by atoms with van der Waals surface area (Å²) < 4.78 is 13.1. The molecule has 1 aromatic heterocycles. The zero-order valence-electron chi connectivity index (χ0n) is 8.73. The van der Waals surface area contributed by atoms with Gasteiger partial charge >= 0.3 is 0 Å². The summed E-state index contributed by atoms with van der Waals surface area (Å²) >= 11 is 13.5. The average molecular weight is 308 g/mol. The summed E-state index contributed by atoms with van der Waals surface area (Å²) in [7, 11) is 0. The van der Waals surface area contributed by atoms with Crippen molar-refractivity contribution in [3.8, 4) is 0 Å². The first-order valence-corrected chi connectivity index (χ1v) is 7.40. The lowest BCUT2D eigenvalue weighted by molar-refractivity contribution is 0.828. The minimum atomic E-state index is -0.0296. The number of hydrogen-bond donors (Lipinski definition) is 0. The highest BCUT2D eigenvalue weighted by atomic mass is 35.5. The lowest BCUT2D eigenvalue weighted by atomic mass is 10.1. The Balaban J connectivity index is 2.04. The van der Waals surface area contributed by atoms with Crippen LogP contribution in [0.1, 0.15) is 24.1 Å². The van der Waals surface area contributed by atoms with Crippen LogP contribution in [0.5, 0.6) is 0 Å². The number of halogens is 3. The van der Waals surface area contributed by atoms with Crippen LogP contribution in [0.4, 0.5) is 3.89 Å². The molecule has 1 aromatic rings. The van der Waals surface area contributed by atoms with Crippen LogP contribution in [0.15, 0.2) is 22.0 Å². The number of thiophene rings is 1. The molecule has 0 saturated heterocycles. The Hall–Kier alpha value is -0.0300. The van der Waals surface area contributed by atoms with E-state index < -0.39 is 0 Å². The number of hydrogen-bond acceptors (Lipinski definition) is 3. The molecule has 2 heterocycles. The van der Waals surface area contributed by atoms with Gasteiger partial charge in [-0.3, -0.25) is 4.99 Å². The molecular formula is C11H8Cl2FNS2. The van der Waals surface area contributed by atoms with Crippen molar-refractivity contribution in [2.75, 3.05) is 0 Å². The van der Waals surface area contributed by atoms with E-state index in [1.54, 1.807) is 0 Å². The van der Waals surface area contributed by atoms with Crippen molar-refractivity contribution in [2.24, 2.45) is 4.99 Å². The van der Waals surface area contributed by atoms with Crippen LogP contribution in [0.2, 0.25) is 9.36 Å². The van der Waals surface area contributed by atoms with Crippen molar-refractivity contribution in [3.63, 3.8) is 0 Å². The summed E-state index contributed by atoms with van der Waals surface area (Å²) in [6, 6.07) is 0. The van der Waals surface area contributed by atoms with E-state index in [0.29, 0.717) is 14.3 Å². The van der Waals surface area contributed by atoms with Gasteiger partial charge in [-0.15, -0.1) is 11.3 Å². The maximum absolute atomic E-state index is 12.7. The molecule has 90 valence electrons. The fraction of sp³-hybridized carbons (Fsp3) is 0.364.